The molecule has 16 heavy (non-hydrogen) atoms. The van der Waals surface area contributed by atoms with Gasteiger partial charge in [0.15, 0.2) is 6.20 Å². The number of hydrogen-bond donors (Lipinski definition) is 0. The summed E-state index contributed by atoms with van der Waals surface area (Å²) in [5.41, 5.74) is 0. The van der Waals surface area contributed by atoms with Crippen LogP contribution in [0.1, 0.15) is 39.0 Å². The molecule has 0 atom stereocenters. The SMILES string of the molecule is CCCCCCCOc1cc[n+]([O-])c(Cl)c1. The summed E-state index contributed by atoms with van der Waals surface area (Å²) < 4.78 is 6.09. The molecular weight excluding hydrogens is 226 g/mol. The van der Waals surface area contributed by atoms with Crippen LogP contribution in [0.25, 0.3) is 0 Å². The Morgan fingerprint density at radius 3 is 2.75 bits per heavy atom. The van der Waals surface area contributed by atoms with E-state index < -0.39 is 0 Å². The van der Waals surface area contributed by atoms with E-state index in [0.717, 1.165) is 6.42 Å². The van der Waals surface area contributed by atoms with Crippen molar-refractivity contribution in [2.24, 2.45) is 0 Å². The molecule has 0 radical (unpaired) electrons. The fraction of sp³-hybridized carbons (Fsp3) is 0.583. The first-order chi connectivity index (χ1) is 7.74. The zero-order valence-electron chi connectivity index (χ0n) is 9.62. The Labute approximate surface area is 102 Å². The molecule has 0 aliphatic heterocycles. The van der Waals surface area contributed by atoms with Crippen molar-refractivity contribution in [3.63, 3.8) is 0 Å². The van der Waals surface area contributed by atoms with Gasteiger partial charge in [0.2, 0.25) is 0 Å². The van der Waals surface area contributed by atoms with Crippen LogP contribution < -0.4 is 9.47 Å². The van der Waals surface area contributed by atoms with E-state index in [1.54, 1.807) is 12.1 Å². The van der Waals surface area contributed by atoms with Crippen LogP contribution in [0.3, 0.4) is 0 Å². The molecule has 0 aliphatic carbocycles. The minimum Gasteiger partial charge on any atom is -0.618 e. The van der Waals surface area contributed by atoms with E-state index in [1.807, 2.05) is 0 Å². The molecule has 90 valence electrons. The highest BCUT2D eigenvalue weighted by Crippen LogP contribution is 2.13. The Balaban J connectivity index is 2.19. The highest BCUT2D eigenvalue weighted by Gasteiger charge is 2.03. The van der Waals surface area contributed by atoms with Crippen molar-refractivity contribution >= 4 is 11.6 Å². The third-order valence-corrected chi connectivity index (χ3v) is 2.64. The van der Waals surface area contributed by atoms with Gasteiger partial charge in [-0.25, -0.2) is 0 Å². The van der Waals surface area contributed by atoms with E-state index >= 15 is 0 Å². The van der Waals surface area contributed by atoms with Gasteiger partial charge in [0.05, 0.1) is 12.7 Å². The topological polar surface area (TPSA) is 36.2 Å². The molecule has 0 amide bonds. The lowest BCUT2D eigenvalue weighted by Crippen LogP contribution is -2.26. The number of aromatic nitrogens is 1. The molecule has 1 rings (SSSR count). The van der Waals surface area contributed by atoms with Crippen LogP contribution in [-0.4, -0.2) is 6.61 Å². The summed E-state index contributed by atoms with van der Waals surface area (Å²) in [6.07, 6.45) is 7.39. The van der Waals surface area contributed by atoms with E-state index in [2.05, 4.69) is 6.92 Å². The van der Waals surface area contributed by atoms with Gasteiger partial charge < -0.3 is 9.94 Å². The zero-order valence-corrected chi connectivity index (χ0v) is 10.4. The molecule has 1 aromatic rings. The number of unbranched alkanes of at least 4 members (excludes halogenated alkanes) is 4. The smallest absolute Gasteiger partial charge is 0.289 e. The van der Waals surface area contributed by atoms with Crippen LogP contribution in [-0.2, 0) is 0 Å². The van der Waals surface area contributed by atoms with Gasteiger partial charge in [-0.2, -0.15) is 4.73 Å². The van der Waals surface area contributed by atoms with E-state index in [-0.39, 0.29) is 5.15 Å². The maximum atomic E-state index is 10.9. The first-order valence-corrected chi connectivity index (χ1v) is 6.13. The van der Waals surface area contributed by atoms with Gasteiger partial charge in [0.1, 0.15) is 5.75 Å². The number of ether oxygens (including phenoxy) is 1. The average Bonchev–Trinajstić information content (AvgIpc) is 2.28. The summed E-state index contributed by atoms with van der Waals surface area (Å²) in [6.45, 7) is 2.88. The van der Waals surface area contributed by atoms with Crippen LogP contribution >= 0.6 is 11.6 Å². The van der Waals surface area contributed by atoms with Crippen molar-refractivity contribution in [2.45, 2.75) is 39.0 Å². The highest BCUT2D eigenvalue weighted by atomic mass is 35.5. The van der Waals surface area contributed by atoms with Crippen molar-refractivity contribution in [3.8, 4) is 5.75 Å². The maximum Gasteiger partial charge on any atom is 0.289 e. The molecule has 4 heteroatoms. The molecule has 0 unspecified atom stereocenters. The van der Waals surface area contributed by atoms with Gasteiger partial charge >= 0.3 is 0 Å². The Kier molecular flexibility index (Phi) is 6.01. The molecule has 0 N–H and O–H groups in total. The Morgan fingerprint density at radius 2 is 2.06 bits per heavy atom. The highest BCUT2D eigenvalue weighted by molar-refractivity contribution is 6.28. The molecule has 3 nitrogen and oxygen atoms in total. The largest absolute Gasteiger partial charge is 0.618 e. The minimum atomic E-state index is 0.142. The van der Waals surface area contributed by atoms with Gasteiger partial charge in [-0.1, -0.05) is 32.6 Å². The van der Waals surface area contributed by atoms with E-state index in [1.165, 1.54) is 31.9 Å². The molecule has 0 saturated heterocycles. The summed E-state index contributed by atoms with van der Waals surface area (Å²) in [6, 6.07) is 3.17. The van der Waals surface area contributed by atoms with Gasteiger partial charge in [-0.15, -0.1) is 0 Å². The summed E-state index contributed by atoms with van der Waals surface area (Å²) in [4.78, 5) is 0. The summed E-state index contributed by atoms with van der Waals surface area (Å²) in [7, 11) is 0. The number of rotatable bonds is 7. The molecule has 0 bridgehead atoms. The lowest BCUT2D eigenvalue weighted by molar-refractivity contribution is -0.603. The summed E-state index contributed by atoms with van der Waals surface area (Å²) in [5, 5.41) is 11.1. The fourth-order valence-electron chi connectivity index (χ4n) is 1.43. The van der Waals surface area contributed by atoms with Gasteiger partial charge in [0, 0.05) is 6.07 Å². The maximum absolute atomic E-state index is 10.9. The monoisotopic (exact) mass is 243 g/mol. The van der Waals surface area contributed by atoms with Gasteiger partial charge in [-0.3, -0.25) is 0 Å². The van der Waals surface area contributed by atoms with Crippen molar-refractivity contribution in [1.82, 2.24) is 0 Å². The van der Waals surface area contributed by atoms with Crippen molar-refractivity contribution in [2.75, 3.05) is 6.61 Å². The standard InChI is InChI=1S/C12H18ClNO2/c1-2-3-4-5-6-9-16-11-7-8-14(15)12(13)10-11/h7-8,10H,2-6,9H2,1H3. The van der Waals surface area contributed by atoms with E-state index in [4.69, 9.17) is 16.3 Å². The molecule has 1 heterocycles. The predicted octanol–water partition coefficient (Wildman–Crippen LogP) is 3.32. The summed E-state index contributed by atoms with van der Waals surface area (Å²) >= 11 is 5.67. The minimum absolute atomic E-state index is 0.142. The molecule has 1 aromatic heterocycles. The van der Waals surface area contributed by atoms with Crippen LogP contribution in [0.5, 0.6) is 5.75 Å². The zero-order chi connectivity index (χ0) is 11.8. The molecule has 0 aliphatic rings. The number of pyridine rings is 1. The van der Waals surface area contributed by atoms with Crippen LogP contribution in [0.15, 0.2) is 18.3 Å². The van der Waals surface area contributed by atoms with Gasteiger partial charge in [-0.05, 0) is 18.0 Å². The first-order valence-electron chi connectivity index (χ1n) is 5.75. The normalized spacial score (nSPS) is 10.4. The number of halogens is 1. The van der Waals surface area contributed by atoms with Crippen molar-refractivity contribution in [1.29, 1.82) is 0 Å². The predicted molar refractivity (Wildman–Crippen MR) is 64.7 cm³/mol. The molecular formula is C12H18ClNO2. The van der Waals surface area contributed by atoms with Crippen molar-refractivity contribution in [3.05, 3.63) is 28.7 Å². The number of nitrogens with zero attached hydrogens (tertiary/aromatic N) is 1. The molecule has 0 spiro atoms. The lowest BCUT2D eigenvalue weighted by Gasteiger charge is -2.06. The van der Waals surface area contributed by atoms with Crippen molar-refractivity contribution < 1.29 is 9.47 Å². The van der Waals surface area contributed by atoms with E-state index in [9.17, 15) is 5.21 Å². The quantitative estimate of drug-likeness (QED) is 0.319. The fourth-order valence-corrected chi connectivity index (χ4v) is 1.59. The van der Waals surface area contributed by atoms with E-state index in [0.29, 0.717) is 17.1 Å². The Morgan fingerprint density at radius 1 is 1.31 bits per heavy atom. The second kappa shape index (κ2) is 7.34. The molecule has 0 saturated carbocycles. The van der Waals surface area contributed by atoms with Crippen LogP contribution in [0, 0.1) is 5.21 Å². The number of hydrogen-bond acceptors (Lipinski definition) is 2. The molecule has 0 aromatic carbocycles. The lowest BCUT2D eigenvalue weighted by atomic mass is 10.2. The van der Waals surface area contributed by atoms with Crippen LogP contribution in [0.4, 0.5) is 0 Å². The third-order valence-electron chi connectivity index (χ3n) is 2.36. The Hall–Kier alpha value is -0.960. The average molecular weight is 244 g/mol. The summed E-state index contributed by atoms with van der Waals surface area (Å²) in [5.74, 6) is 0.660. The third kappa shape index (κ3) is 4.71. The van der Waals surface area contributed by atoms with Crippen LogP contribution in [0.2, 0.25) is 5.15 Å². The van der Waals surface area contributed by atoms with Gasteiger partial charge in [0.25, 0.3) is 5.15 Å². The second-order valence-corrected chi connectivity index (χ2v) is 4.16. The Bertz CT molecular complexity index is 318. The second-order valence-electron chi connectivity index (χ2n) is 3.77. The molecule has 0 fully saturated rings. The first kappa shape index (κ1) is 13.1.